The van der Waals surface area contributed by atoms with Crippen LogP contribution in [0.5, 0.6) is 0 Å². The Bertz CT molecular complexity index is 909. The van der Waals surface area contributed by atoms with Gasteiger partial charge in [0.1, 0.15) is 5.25 Å². The number of piperidine rings is 1. The fourth-order valence-corrected chi connectivity index (χ4v) is 5.43. The molecule has 1 aromatic heterocycles. The average Bonchev–Trinajstić information content (AvgIpc) is 3.23. The summed E-state index contributed by atoms with van der Waals surface area (Å²) in [5, 5.41) is 5.22. The van der Waals surface area contributed by atoms with Crippen LogP contribution < -0.4 is 5.73 Å². The van der Waals surface area contributed by atoms with E-state index in [4.69, 9.17) is 17.3 Å². The second kappa shape index (κ2) is 7.85. The molecule has 1 saturated heterocycles. The molecule has 0 aliphatic carbocycles. The number of benzene rings is 1. The zero-order chi connectivity index (χ0) is 19.8. The molecule has 0 saturated carbocycles. The van der Waals surface area contributed by atoms with Gasteiger partial charge in [-0.3, -0.25) is 14.5 Å². The number of amides is 1. The summed E-state index contributed by atoms with van der Waals surface area (Å²) in [4.78, 5) is 31.4. The van der Waals surface area contributed by atoms with Crippen molar-refractivity contribution in [1.82, 2.24) is 19.7 Å². The molecular formula is C19H22ClN5O2S. The lowest BCUT2D eigenvalue weighted by Crippen LogP contribution is -2.45. The Hall–Kier alpha value is -1.90. The SMILES string of the molecule is CCc1nc2n(n1)C(=O)C(C(c1ccccc1Cl)N1CCC(C(N)=O)CC1)S2. The number of thioether (sulfide) groups is 1. The summed E-state index contributed by atoms with van der Waals surface area (Å²) in [6.45, 7) is 3.33. The van der Waals surface area contributed by atoms with Gasteiger partial charge in [-0.2, -0.15) is 4.68 Å². The number of primary amides is 1. The van der Waals surface area contributed by atoms with Gasteiger partial charge in [-0.25, -0.2) is 4.98 Å². The summed E-state index contributed by atoms with van der Waals surface area (Å²) < 4.78 is 1.42. The summed E-state index contributed by atoms with van der Waals surface area (Å²) in [6, 6.07) is 7.41. The number of aromatic nitrogens is 3. The van der Waals surface area contributed by atoms with Crippen molar-refractivity contribution in [2.75, 3.05) is 13.1 Å². The maximum atomic E-state index is 13.2. The van der Waals surface area contributed by atoms with E-state index >= 15 is 0 Å². The molecule has 4 rings (SSSR count). The van der Waals surface area contributed by atoms with E-state index in [1.807, 2.05) is 31.2 Å². The molecule has 2 aliphatic heterocycles. The third kappa shape index (κ3) is 3.44. The van der Waals surface area contributed by atoms with Crippen LogP contribution in [0.4, 0.5) is 0 Å². The van der Waals surface area contributed by atoms with Crippen LogP contribution in [0.3, 0.4) is 0 Å². The second-order valence-electron chi connectivity index (χ2n) is 7.13. The van der Waals surface area contributed by atoms with E-state index in [9.17, 15) is 9.59 Å². The first-order valence-electron chi connectivity index (χ1n) is 9.44. The summed E-state index contributed by atoms with van der Waals surface area (Å²) >= 11 is 7.96. The smallest absolute Gasteiger partial charge is 0.264 e. The molecule has 2 aromatic rings. The molecule has 1 aromatic carbocycles. The lowest BCUT2D eigenvalue weighted by atomic mass is 9.92. The molecule has 9 heteroatoms. The quantitative estimate of drug-likeness (QED) is 0.800. The summed E-state index contributed by atoms with van der Waals surface area (Å²) in [5.74, 6) is 0.232. The standard InChI is InChI=1S/C19H22ClN5O2S/c1-2-14-22-19-25(23-14)18(27)16(28-19)15(12-5-3-4-6-13(12)20)24-9-7-11(8-10-24)17(21)26/h3-6,11,15-16H,2,7-10H2,1H3,(H2,21,26). The minimum absolute atomic E-state index is 0.0749. The first-order valence-corrected chi connectivity index (χ1v) is 10.7. The van der Waals surface area contributed by atoms with E-state index in [0.717, 1.165) is 5.56 Å². The third-order valence-electron chi connectivity index (χ3n) is 5.46. The van der Waals surface area contributed by atoms with Crippen molar-refractivity contribution in [3.63, 3.8) is 0 Å². The van der Waals surface area contributed by atoms with Gasteiger partial charge >= 0.3 is 0 Å². The van der Waals surface area contributed by atoms with Crippen LogP contribution in [0.25, 0.3) is 0 Å². The second-order valence-corrected chi connectivity index (χ2v) is 8.65. The van der Waals surface area contributed by atoms with E-state index in [-0.39, 0.29) is 29.0 Å². The Morgan fingerprint density at radius 3 is 2.68 bits per heavy atom. The monoisotopic (exact) mass is 419 g/mol. The molecule has 7 nitrogen and oxygen atoms in total. The van der Waals surface area contributed by atoms with Crippen LogP contribution in [-0.2, 0) is 11.2 Å². The fourth-order valence-electron chi connectivity index (χ4n) is 3.92. The highest BCUT2D eigenvalue weighted by Gasteiger charge is 2.44. The summed E-state index contributed by atoms with van der Waals surface area (Å²) in [6.07, 6.45) is 2.06. The van der Waals surface area contributed by atoms with Crippen molar-refractivity contribution >= 4 is 35.2 Å². The number of likely N-dealkylation sites (tertiary alicyclic amines) is 1. The zero-order valence-electron chi connectivity index (χ0n) is 15.5. The Morgan fingerprint density at radius 1 is 1.36 bits per heavy atom. The minimum atomic E-state index is -0.383. The van der Waals surface area contributed by atoms with Crippen LogP contribution >= 0.6 is 23.4 Å². The molecule has 2 N–H and O–H groups in total. The number of nitrogens with zero attached hydrogens (tertiary/aromatic N) is 4. The predicted molar refractivity (Wildman–Crippen MR) is 107 cm³/mol. The van der Waals surface area contributed by atoms with Crippen molar-refractivity contribution in [3.05, 3.63) is 40.7 Å². The molecule has 0 bridgehead atoms. The third-order valence-corrected chi connectivity index (χ3v) is 6.99. The van der Waals surface area contributed by atoms with Crippen LogP contribution in [0, 0.1) is 5.92 Å². The van der Waals surface area contributed by atoms with Gasteiger partial charge in [0, 0.05) is 17.4 Å². The first kappa shape index (κ1) is 19.4. The molecule has 1 amide bonds. The first-order chi connectivity index (χ1) is 13.5. The maximum absolute atomic E-state index is 13.2. The number of fused-ring (bicyclic) bond motifs is 1. The van der Waals surface area contributed by atoms with Gasteiger partial charge in [-0.1, -0.05) is 48.5 Å². The number of rotatable bonds is 5. The molecule has 28 heavy (non-hydrogen) atoms. The van der Waals surface area contributed by atoms with Gasteiger partial charge in [-0.15, -0.1) is 5.10 Å². The number of halogens is 1. The number of hydrogen-bond acceptors (Lipinski definition) is 6. The highest BCUT2D eigenvalue weighted by atomic mass is 35.5. The van der Waals surface area contributed by atoms with Crippen LogP contribution in [0.15, 0.2) is 29.4 Å². The highest BCUT2D eigenvalue weighted by molar-refractivity contribution is 8.00. The lowest BCUT2D eigenvalue weighted by Gasteiger charge is -2.39. The molecule has 2 aliphatic rings. The van der Waals surface area contributed by atoms with E-state index in [2.05, 4.69) is 15.0 Å². The van der Waals surface area contributed by atoms with Gasteiger partial charge in [-0.05, 0) is 37.6 Å². The van der Waals surface area contributed by atoms with Crippen molar-refractivity contribution in [2.45, 2.75) is 42.6 Å². The molecule has 0 radical (unpaired) electrons. The molecule has 148 valence electrons. The Morgan fingerprint density at radius 2 is 2.07 bits per heavy atom. The number of nitrogens with two attached hydrogens (primary N) is 1. The molecule has 1 fully saturated rings. The lowest BCUT2D eigenvalue weighted by molar-refractivity contribution is -0.123. The predicted octanol–water partition coefficient (Wildman–Crippen LogP) is 2.55. The van der Waals surface area contributed by atoms with Crippen molar-refractivity contribution in [2.24, 2.45) is 11.7 Å². The molecule has 2 atom stereocenters. The van der Waals surface area contributed by atoms with E-state index in [1.54, 1.807) is 0 Å². The average molecular weight is 420 g/mol. The topological polar surface area (TPSA) is 94.1 Å². The Labute approximate surface area is 172 Å². The van der Waals surface area contributed by atoms with Gasteiger partial charge in [0.05, 0.1) is 6.04 Å². The van der Waals surface area contributed by atoms with Gasteiger partial charge < -0.3 is 5.73 Å². The normalized spacial score (nSPS) is 21.6. The van der Waals surface area contributed by atoms with Crippen LogP contribution in [0.2, 0.25) is 5.02 Å². The summed E-state index contributed by atoms with van der Waals surface area (Å²) in [7, 11) is 0. The molecule has 2 unspecified atom stereocenters. The van der Waals surface area contributed by atoms with Gasteiger partial charge in [0.2, 0.25) is 5.91 Å². The number of hydrogen-bond donors (Lipinski definition) is 1. The van der Waals surface area contributed by atoms with Gasteiger partial charge in [0.15, 0.2) is 11.0 Å². The van der Waals surface area contributed by atoms with Crippen LogP contribution in [0.1, 0.15) is 42.0 Å². The van der Waals surface area contributed by atoms with Gasteiger partial charge in [0.25, 0.3) is 5.91 Å². The zero-order valence-corrected chi connectivity index (χ0v) is 17.1. The van der Waals surface area contributed by atoms with Crippen molar-refractivity contribution in [3.8, 4) is 0 Å². The minimum Gasteiger partial charge on any atom is -0.369 e. The van der Waals surface area contributed by atoms with Crippen molar-refractivity contribution in [1.29, 1.82) is 0 Å². The molecule has 3 heterocycles. The Kier molecular flexibility index (Phi) is 5.44. The number of aryl methyl sites for hydroxylation is 1. The van der Waals surface area contributed by atoms with Crippen molar-refractivity contribution < 1.29 is 9.59 Å². The van der Waals surface area contributed by atoms with E-state index in [0.29, 0.717) is 48.4 Å². The van der Waals surface area contributed by atoms with E-state index in [1.165, 1.54) is 16.4 Å². The number of carbonyl (C=O) groups is 2. The largest absolute Gasteiger partial charge is 0.369 e. The molecule has 0 spiro atoms. The van der Waals surface area contributed by atoms with E-state index < -0.39 is 0 Å². The summed E-state index contributed by atoms with van der Waals surface area (Å²) in [5.41, 5.74) is 6.39. The fraction of sp³-hybridized carbons (Fsp3) is 0.474. The highest BCUT2D eigenvalue weighted by Crippen LogP contribution is 2.43. The molecular weight excluding hydrogens is 398 g/mol. The Balaban J connectivity index is 1.65. The maximum Gasteiger partial charge on any atom is 0.264 e. The number of carbonyl (C=O) groups excluding carboxylic acids is 2. The van der Waals surface area contributed by atoms with Crippen LogP contribution in [-0.4, -0.2) is 49.8 Å².